The molecule has 9 heteroatoms. The number of halogens is 2. The summed E-state index contributed by atoms with van der Waals surface area (Å²) < 4.78 is 34.4. The molecule has 0 radical (unpaired) electrons. The lowest BCUT2D eigenvalue weighted by Gasteiger charge is -2.11. The fourth-order valence-electron chi connectivity index (χ4n) is 2.95. The van der Waals surface area contributed by atoms with Crippen molar-refractivity contribution in [2.75, 3.05) is 11.1 Å². The van der Waals surface area contributed by atoms with Gasteiger partial charge in [-0.3, -0.25) is 14.2 Å². The molecule has 1 amide bonds. The Labute approximate surface area is 180 Å². The zero-order chi connectivity index (χ0) is 22.7. The minimum Gasteiger partial charge on any atom is -0.457 e. The van der Waals surface area contributed by atoms with Gasteiger partial charge in [-0.2, -0.15) is 0 Å². The molecule has 2 aromatic heterocycles. The molecule has 0 saturated heterocycles. The standard InChI is InChI=1S/C23H16F2N4O3/c24-14-3-5-15(6-4-14)29-11-1-2-18(23(29)31)22(30)28-20-8-7-16(12-19(20)25)32-17-9-10-27-21(26)13-17/h1-13H,(H2,26,27)(H,28,30). The van der Waals surface area contributed by atoms with E-state index in [1.54, 1.807) is 6.07 Å². The molecule has 0 bridgehead atoms. The lowest BCUT2D eigenvalue weighted by atomic mass is 10.2. The smallest absolute Gasteiger partial charge is 0.267 e. The predicted molar refractivity (Wildman–Crippen MR) is 115 cm³/mol. The molecule has 0 unspecified atom stereocenters. The summed E-state index contributed by atoms with van der Waals surface area (Å²) in [5.74, 6) is -1.19. The normalized spacial score (nSPS) is 10.6. The summed E-state index contributed by atoms with van der Waals surface area (Å²) in [5, 5.41) is 2.38. The van der Waals surface area contributed by atoms with Crippen molar-refractivity contribution in [2.45, 2.75) is 0 Å². The largest absolute Gasteiger partial charge is 0.457 e. The third-order valence-corrected chi connectivity index (χ3v) is 4.47. The van der Waals surface area contributed by atoms with Crippen molar-refractivity contribution in [1.82, 2.24) is 9.55 Å². The first kappa shape index (κ1) is 20.7. The van der Waals surface area contributed by atoms with Crippen LogP contribution in [-0.2, 0) is 0 Å². The quantitative estimate of drug-likeness (QED) is 0.492. The number of rotatable bonds is 5. The molecule has 4 aromatic rings. The van der Waals surface area contributed by atoms with E-state index in [0.717, 1.165) is 6.07 Å². The summed E-state index contributed by atoms with van der Waals surface area (Å²) >= 11 is 0. The SMILES string of the molecule is Nc1cc(Oc2ccc(NC(=O)c3cccn(-c4ccc(F)cc4)c3=O)c(F)c2)ccn1. The van der Waals surface area contributed by atoms with Crippen molar-refractivity contribution in [2.24, 2.45) is 0 Å². The number of carbonyl (C=O) groups is 1. The number of nitrogens with zero attached hydrogens (tertiary/aromatic N) is 2. The number of anilines is 2. The van der Waals surface area contributed by atoms with Crippen molar-refractivity contribution in [3.05, 3.63) is 107 Å². The van der Waals surface area contributed by atoms with Crippen LogP contribution in [-0.4, -0.2) is 15.5 Å². The number of nitrogen functional groups attached to an aromatic ring is 1. The maximum Gasteiger partial charge on any atom is 0.267 e. The van der Waals surface area contributed by atoms with Gasteiger partial charge in [-0.15, -0.1) is 0 Å². The Bertz CT molecular complexity index is 1350. The van der Waals surface area contributed by atoms with Gasteiger partial charge in [0.1, 0.15) is 34.5 Å². The molecule has 0 spiro atoms. The van der Waals surface area contributed by atoms with Crippen molar-refractivity contribution < 1.29 is 18.3 Å². The number of aromatic nitrogens is 2. The first-order valence-electron chi connectivity index (χ1n) is 9.38. The third-order valence-electron chi connectivity index (χ3n) is 4.47. The predicted octanol–water partition coefficient (Wildman–Crippen LogP) is 4.14. The molecule has 4 rings (SSSR count). The second-order valence-corrected chi connectivity index (χ2v) is 6.69. The van der Waals surface area contributed by atoms with Gasteiger partial charge in [0.05, 0.1) is 5.69 Å². The summed E-state index contributed by atoms with van der Waals surface area (Å²) in [4.78, 5) is 29.2. The minimum atomic E-state index is -0.791. The molecule has 0 saturated carbocycles. The molecular weight excluding hydrogens is 418 g/mol. The lowest BCUT2D eigenvalue weighted by Crippen LogP contribution is -2.28. The summed E-state index contributed by atoms with van der Waals surface area (Å²) in [6.07, 6.45) is 2.90. The van der Waals surface area contributed by atoms with E-state index < -0.39 is 23.1 Å². The molecule has 7 nitrogen and oxygen atoms in total. The molecule has 0 atom stereocenters. The van der Waals surface area contributed by atoms with Gasteiger partial charge in [0, 0.05) is 30.2 Å². The van der Waals surface area contributed by atoms with Crippen molar-refractivity contribution >= 4 is 17.4 Å². The Morgan fingerprint density at radius 1 is 1.00 bits per heavy atom. The molecule has 0 fully saturated rings. The van der Waals surface area contributed by atoms with Crippen LogP contribution in [0, 0.1) is 11.6 Å². The topological polar surface area (TPSA) is 99.2 Å². The number of nitrogens with one attached hydrogen (secondary N) is 1. The average Bonchev–Trinajstić information content (AvgIpc) is 2.76. The van der Waals surface area contributed by atoms with Crippen LogP contribution in [0.1, 0.15) is 10.4 Å². The number of nitrogens with two attached hydrogens (primary N) is 1. The second kappa shape index (κ2) is 8.68. The molecule has 32 heavy (non-hydrogen) atoms. The molecule has 0 aliphatic rings. The van der Waals surface area contributed by atoms with Gasteiger partial charge >= 0.3 is 0 Å². The monoisotopic (exact) mass is 434 g/mol. The van der Waals surface area contributed by atoms with E-state index in [0.29, 0.717) is 11.4 Å². The van der Waals surface area contributed by atoms with Crippen molar-refractivity contribution in [3.8, 4) is 17.2 Å². The van der Waals surface area contributed by atoms with E-state index in [9.17, 15) is 18.4 Å². The van der Waals surface area contributed by atoms with Gasteiger partial charge in [-0.1, -0.05) is 0 Å². The first-order chi connectivity index (χ1) is 15.4. The van der Waals surface area contributed by atoms with Crippen LogP contribution in [0.25, 0.3) is 5.69 Å². The van der Waals surface area contributed by atoms with E-state index in [4.69, 9.17) is 10.5 Å². The van der Waals surface area contributed by atoms with E-state index in [1.807, 2.05) is 0 Å². The van der Waals surface area contributed by atoms with E-state index in [1.165, 1.54) is 71.6 Å². The molecule has 3 N–H and O–H groups in total. The fourth-order valence-corrected chi connectivity index (χ4v) is 2.95. The van der Waals surface area contributed by atoms with Gasteiger partial charge in [0.2, 0.25) is 0 Å². The Morgan fingerprint density at radius 2 is 1.75 bits per heavy atom. The Morgan fingerprint density at radius 3 is 2.47 bits per heavy atom. The summed E-state index contributed by atoms with van der Waals surface area (Å²) in [5.41, 5.74) is 5.00. The highest BCUT2D eigenvalue weighted by Gasteiger charge is 2.15. The first-order valence-corrected chi connectivity index (χ1v) is 9.38. The van der Waals surface area contributed by atoms with E-state index in [-0.39, 0.29) is 22.8 Å². The summed E-state index contributed by atoms with van der Waals surface area (Å²) in [6, 6.07) is 14.9. The van der Waals surface area contributed by atoms with E-state index >= 15 is 0 Å². The number of hydrogen-bond donors (Lipinski definition) is 2. The van der Waals surface area contributed by atoms with Gasteiger partial charge in [-0.25, -0.2) is 13.8 Å². The van der Waals surface area contributed by atoms with Crippen molar-refractivity contribution in [3.63, 3.8) is 0 Å². The van der Waals surface area contributed by atoms with Gasteiger partial charge in [0.25, 0.3) is 11.5 Å². The average molecular weight is 434 g/mol. The third kappa shape index (κ3) is 4.46. The molecule has 0 aliphatic carbocycles. The van der Waals surface area contributed by atoms with Crippen LogP contribution in [0.2, 0.25) is 0 Å². The van der Waals surface area contributed by atoms with Crippen LogP contribution < -0.4 is 21.3 Å². The number of benzene rings is 2. The van der Waals surface area contributed by atoms with Gasteiger partial charge < -0.3 is 15.8 Å². The number of amides is 1. The molecule has 2 heterocycles. The molecule has 0 aliphatic heterocycles. The number of ether oxygens (including phenoxy) is 1. The highest BCUT2D eigenvalue weighted by Crippen LogP contribution is 2.26. The lowest BCUT2D eigenvalue weighted by molar-refractivity contribution is 0.102. The molecular formula is C23H16F2N4O3. The maximum atomic E-state index is 14.5. The van der Waals surface area contributed by atoms with Crippen LogP contribution in [0.4, 0.5) is 20.3 Å². The number of pyridine rings is 2. The van der Waals surface area contributed by atoms with Gasteiger partial charge in [-0.05, 0) is 54.6 Å². The van der Waals surface area contributed by atoms with Crippen LogP contribution >= 0.6 is 0 Å². The highest BCUT2D eigenvalue weighted by molar-refractivity contribution is 6.04. The van der Waals surface area contributed by atoms with Crippen LogP contribution in [0.15, 0.2) is 83.9 Å². The Hall–Kier alpha value is -4.53. The molecule has 160 valence electrons. The van der Waals surface area contributed by atoms with E-state index in [2.05, 4.69) is 10.3 Å². The number of carbonyl (C=O) groups excluding carboxylic acids is 1. The second-order valence-electron chi connectivity index (χ2n) is 6.69. The zero-order valence-corrected chi connectivity index (χ0v) is 16.5. The van der Waals surface area contributed by atoms with Crippen LogP contribution in [0.5, 0.6) is 11.5 Å². The highest BCUT2D eigenvalue weighted by atomic mass is 19.1. The van der Waals surface area contributed by atoms with Crippen LogP contribution in [0.3, 0.4) is 0 Å². The molecule has 2 aromatic carbocycles. The van der Waals surface area contributed by atoms with Crippen molar-refractivity contribution in [1.29, 1.82) is 0 Å². The number of hydrogen-bond acceptors (Lipinski definition) is 5. The minimum absolute atomic E-state index is 0.131. The van der Waals surface area contributed by atoms with Gasteiger partial charge in [0.15, 0.2) is 0 Å². The summed E-state index contributed by atoms with van der Waals surface area (Å²) in [6.45, 7) is 0. The fraction of sp³-hybridized carbons (Fsp3) is 0. The summed E-state index contributed by atoms with van der Waals surface area (Å²) in [7, 11) is 0. The Balaban J connectivity index is 1.54. The maximum absolute atomic E-state index is 14.5. The zero-order valence-electron chi connectivity index (χ0n) is 16.5. The Kier molecular flexibility index (Phi) is 5.63.